The maximum absolute atomic E-state index is 5.47. The molecule has 124 valence electrons. The smallest absolute Gasteiger partial charge is 0.166 e. The molecule has 4 rings (SSSR count). The first-order valence-corrected chi connectivity index (χ1v) is 9.55. The van der Waals surface area contributed by atoms with Crippen molar-refractivity contribution in [1.82, 2.24) is 15.5 Å². The van der Waals surface area contributed by atoms with Crippen LogP contribution in [0.25, 0.3) is 0 Å². The molecular formula is C18H31N3S. The lowest BCUT2D eigenvalue weighted by Crippen LogP contribution is -2.57. The molecule has 0 aromatic rings. The van der Waals surface area contributed by atoms with Crippen LogP contribution in [0.5, 0.6) is 0 Å². The van der Waals surface area contributed by atoms with Gasteiger partial charge in [0.25, 0.3) is 0 Å². The number of nitrogens with one attached hydrogen (secondary N) is 2. The Morgan fingerprint density at radius 1 is 1.14 bits per heavy atom. The molecule has 0 aromatic carbocycles. The van der Waals surface area contributed by atoms with Crippen LogP contribution < -0.4 is 10.6 Å². The van der Waals surface area contributed by atoms with E-state index < -0.39 is 0 Å². The second kappa shape index (κ2) is 7.78. The van der Waals surface area contributed by atoms with Crippen molar-refractivity contribution in [3.63, 3.8) is 0 Å². The van der Waals surface area contributed by atoms with E-state index in [2.05, 4.69) is 28.2 Å². The predicted octanol–water partition coefficient (Wildman–Crippen LogP) is 2.93. The molecule has 1 aliphatic carbocycles. The SMILES string of the molecule is C=CC1CN2CCC1CC2CNC(=S)NCC1CCCCC1. The molecule has 3 nitrogen and oxygen atoms in total. The summed E-state index contributed by atoms with van der Waals surface area (Å²) < 4.78 is 0. The summed E-state index contributed by atoms with van der Waals surface area (Å²) >= 11 is 5.47. The van der Waals surface area contributed by atoms with Crippen LogP contribution in [0, 0.1) is 17.8 Å². The molecule has 3 heterocycles. The van der Waals surface area contributed by atoms with Crippen molar-refractivity contribution in [2.45, 2.75) is 51.0 Å². The lowest BCUT2D eigenvalue weighted by molar-refractivity contribution is 0.0215. The summed E-state index contributed by atoms with van der Waals surface area (Å²) in [5.74, 6) is 2.38. The van der Waals surface area contributed by atoms with Gasteiger partial charge in [-0.2, -0.15) is 0 Å². The predicted molar refractivity (Wildman–Crippen MR) is 97.0 cm³/mol. The van der Waals surface area contributed by atoms with Crippen LogP contribution in [0.15, 0.2) is 12.7 Å². The van der Waals surface area contributed by atoms with Crippen LogP contribution in [0.1, 0.15) is 44.9 Å². The summed E-state index contributed by atoms with van der Waals surface area (Å²) in [6.07, 6.45) is 11.8. The van der Waals surface area contributed by atoms with E-state index in [0.29, 0.717) is 12.0 Å². The van der Waals surface area contributed by atoms with Crippen molar-refractivity contribution in [2.75, 3.05) is 26.2 Å². The average Bonchev–Trinajstić information content (AvgIpc) is 2.59. The van der Waals surface area contributed by atoms with Gasteiger partial charge in [0, 0.05) is 25.7 Å². The van der Waals surface area contributed by atoms with Crippen LogP contribution in [-0.2, 0) is 0 Å². The lowest BCUT2D eigenvalue weighted by atomic mass is 9.76. The lowest BCUT2D eigenvalue weighted by Gasteiger charge is -2.49. The number of piperidine rings is 3. The van der Waals surface area contributed by atoms with E-state index in [0.717, 1.165) is 30.0 Å². The minimum Gasteiger partial charge on any atom is -0.362 e. The summed E-state index contributed by atoms with van der Waals surface area (Å²) in [5, 5.41) is 7.76. The van der Waals surface area contributed by atoms with Gasteiger partial charge in [-0.15, -0.1) is 6.58 Å². The number of thiocarbonyl (C=S) groups is 1. The second-order valence-electron chi connectivity index (χ2n) is 7.43. The Morgan fingerprint density at radius 3 is 2.59 bits per heavy atom. The Balaban J connectivity index is 1.36. The van der Waals surface area contributed by atoms with Gasteiger partial charge in [0.15, 0.2) is 5.11 Å². The van der Waals surface area contributed by atoms with Crippen molar-refractivity contribution in [3.8, 4) is 0 Å². The van der Waals surface area contributed by atoms with Crippen LogP contribution >= 0.6 is 12.2 Å². The summed E-state index contributed by atoms with van der Waals surface area (Å²) in [7, 11) is 0. The minimum absolute atomic E-state index is 0.657. The first-order chi connectivity index (χ1) is 10.8. The van der Waals surface area contributed by atoms with E-state index in [-0.39, 0.29) is 0 Å². The fraction of sp³-hybridized carbons (Fsp3) is 0.833. The molecule has 0 radical (unpaired) electrons. The fourth-order valence-electron chi connectivity index (χ4n) is 4.56. The van der Waals surface area contributed by atoms with Gasteiger partial charge in [-0.3, -0.25) is 4.90 Å². The first-order valence-electron chi connectivity index (χ1n) is 9.14. The summed E-state index contributed by atoms with van der Waals surface area (Å²) in [5.41, 5.74) is 0. The van der Waals surface area contributed by atoms with E-state index in [1.54, 1.807) is 0 Å². The molecule has 4 unspecified atom stereocenters. The van der Waals surface area contributed by atoms with E-state index >= 15 is 0 Å². The molecule has 4 fully saturated rings. The Labute approximate surface area is 140 Å². The highest BCUT2D eigenvalue weighted by Gasteiger charge is 2.38. The Kier molecular flexibility index (Phi) is 5.75. The van der Waals surface area contributed by atoms with Crippen molar-refractivity contribution < 1.29 is 0 Å². The quantitative estimate of drug-likeness (QED) is 0.601. The number of rotatable bonds is 5. The maximum atomic E-state index is 5.47. The third-order valence-corrected chi connectivity index (χ3v) is 6.29. The average molecular weight is 322 g/mol. The first kappa shape index (κ1) is 16.3. The highest BCUT2D eigenvalue weighted by Crippen LogP contribution is 2.36. The molecule has 4 aliphatic rings. The van der Waals surface area contributed by atoms with Gasteiger partial charge < -0.3 is 10.6 Å². The molecule has 1 saturated carbocycles. The van der Waals surface area contributed by atoms with Gasteiger partial charge in [0.1, 0.15) is 0 Å². The van der Waals surface area contributed by atoms with Gasteiger partial charge >= 0.3 is 0 Å². The molecule has 0 aromatic heterocycles. The molecule has 4 heteroatoms. The Hall–Kier alpha value is -0.610. The topological polar surface area (TPSA) is 27.3 Å². The summed E-state index contributed by atoms with van der Waals surface area (Å²) in [6.45, 7) is 8.50. The van der Waals surface area contributed by atoms with Gasteiger partial charge in [0.05, 0.1) is 0 Å². The highest BCUT2D eigenvalue weighted by molar-refractivity contribution is 7.80. The molecule has 2 N–H and O–H groups in total. The number of hydrogen-bond acceptors (Lipinski definition) is 2. The summed E-state index contributed by atoms with van der Waals surface area (Å²) in [6, 6.07) is 0.657. The van der Waals surface area contributed by atoms with Crippen LogP contribution in [-0.4, -0.2) is 42.2 Å². The molecule has 4 atom stereocenters. The number of nitrogens with zero attached hydrogens (tertiary/aromatic N) is 1. The van der Waals surface area contributed by atoms with Crippen LogP contribution in [0.4, 0.5) is 0 Å². The van der Waals surface area contributed by atoms with Crippen molar-refractivity contribution >= 4 is 17.3 Å². The third kappa shape index (κ3) is 4.02. The molecule has 0 amide bonds. The van der Waals surface area contributed by atoms with E-state index in [9.17, 15) is 0 Å². The Morgan fingerprint density at radius 2 is 1.91 bits per heavy atom. The molecule has 0 spiro atoms. The zero-order valence-electron chi connectivity index (χ0n) is 13.7. The molecule has 2 bridgehead atoms. The van der Waals surface area contributed by atoms with Crippen molar-refractivity contribution in [2.24, 2.45) is 17.8 Å². The van der Waals surface area contributed by atoms with Crippen LogP contribution in [0.2, 0.25) is 0 Å². The molecule has 3 aliphatic heterocycles. The van der Waals surface area contributed by atoms with Gasteiger partial charge in [0.2, 0.25) is 0 Å². The number of fused-ring (bicyclic) bond motifs is 3. The zero-order chi connectivity index (χ0) is 15.4. The van der Waals surface area contributed by atoms with Crippen molar-refractivity contribution in [1.29, 1.82) is 0 Å². The fourth-order valence-corrected chi connectivity index (χ4v) is 4.73. The third-order valence-electron chi connectivity index (χ3n) is 6.01. The standard InChI is InChI=1S/C18H31N3S/c1-2-15-13-21-9-8-16(15)10-17(21)12-20-18(22)19-11-14-6-4-3-5-7-14/h2,14-17H,1,3-13H2,(H2,19,20,22). The molecule has 22 heavy (non-hydrogen) atoms. The van der Waals surface area contributed by atoms with Gasteiger partial charge in [-0.1, -0.05) is 25.3 Å². The van der Waals surface area contributed by atoms with E-state index in [1.165, 1.54) is 58.0 Å². The second-order valence-corrected chi connectivity index (χ2v) is 7.84. The van der Waals surface area contributed by atoms with Gasteiger partial charge in [-0.05, 0) is 62.2 Å². The number of hydrogen-bond donors (Lipinski definition) is 2. The minimum atomic E-state index is 0.657. The largest absolute Gasteiger partial charge is 0.362 e. The van der Waals surface area contributed by atoms with Crippen LogP contribution in [0.3, 0.4) is 0 Å². The zero-order valence-corrected chi connectivity index (χ0v) is 14.5. The molecular weight excluding hydrogens is 290 g/mol. The highest BCUT2D eigenvalue weighted by atomic mass is 32.1. The van der Waals surface area contributed by atoms with E-state index in [4.69, 9.17) is 12.2 Å². The van der Waals surface area contributed by atoms with E-state index in [1.807, 2.05) is 0 Å². The molecule has 3 saturated heterocycles. The Bertz CT molecular complexity index is 392. The maximum Gasteiger partial charge on any atom is 0.166 e. The summed E-state index contributed by atoms with van der Waals surface area (Å²) in [4.78, 5) is 2.63. The van der Waals surface area contributed by atoms with Gasteiger partial charge in [-0.25, -0.2) is 0 Å². The normalized spacial score (nSPS) is 35.1. The van der Waals surface area contributed by atoms with Crippen molar-refractivity contribution in [3.05, 3.63) is 12.7 Å². The monoisotopic (exact) mass is 321 g/mol.